The summed E-state index contributed by atoms with van der Waals surface area (Å²) in [6.45, 7) is 5.37. The Morgan fingerprint density at radius 2 is 2.11 bits per heavy atom. The van der Waals surface area contributed by atoms with E-state index in [1.54, 1.807) is 4.90 Å². The highest BCUT2D eigenvalue weighted by Gasteiger charge is 2.35. The van der Waals surface area contributed by atoms with E-state index in [2.05, 4.69) is 5.32 Å². The largest absolute Gasteiger partial charge is 0.379 e. The number of sulfonamides is 1. The first-order chi connectivity index (χ1) is 12.4. The molecule has 0 spiro atoms. The highest BCUT2D eigenvalue weighted by molar-refractivity contribution is 7.89. The van der Waals surface area contributed by atoms with E-state index in [-0.39, 0.29) is 40.9 Å². The summed E-state index contributed by atoms with van der Waals surface area (Å²) >= 11 is 0. The Labute approximate surface area is 158 Å². The van der Waals surface area contributed by atoms with Gasteiger partial charge in [-0.2, -0.15) is 0 Å². The normalized spacial score (nSPS) is 19.6. The molecule has 1 heterocycles. The van der Waals surface area contributed by atoms with Crippen LogP contribution in [0.4, 0.5) is 11.4 Å². The van der Waals surface area contributed by atoms with E-state index >= 15 is 0 Å². The van der Waals surface area contributed by atoms with E-state index in [0.717, 1.165) is 12.5 Å². The summed E-state index contributed by atoms with van der Waals surface area (Å²) in [7, 11) is -4.04. The lowest BCUT2D eigenvalue weighted by molar-refractivity contribution is -0.384. The van der Waals surface area contributed by atoms with Gasteiger partial charge < -0.3 is 16.0 Å². The van der Waals surface area contributed by atoms with Crippen LogP contribution in [-0.4, -0.2) is 49.8 Å². The van der Waals surface area contributed by atoms with Gasteiger partial charge in [-0.3, -0.25) is 14.9 Å². The van der Waals surface area contributed by atoms with Gasteiger partial charge in [0.15, 0.2) is 0 Å². The predicted molar refractivity (Wildman–Crippen MR) is 101 cm³/mol. The molecule has 0 radical (unpaired) electrons. The Kier molecular flexibility index (Phi) is 6.07. The maximum absolute atomic E-state index is 12.4. The van der Waals surface area contributed by atoms with Gasteiger partial charge in [-0.05, 0) is 24.0 Å². The summed E-state index contributed by atoms with van der Waals surface area (Å²) in [4.78, 5) is 24.3. The maximum atomic E-state index is 12.4. The number of nitrogens with two attached hydrogens (primary N) is 2. The van der Waals surface area contributed by atoms with Gasteiger partial charge in [-0.1, -0.05) is 13.8 Å². The van der Waals surface area contributed by atoms with Crippen LogP contribution in [0.25, 0.3) is 0 Å². The molecule has 1 aliphatic rings. The number of likely N-dealkylation sites (tertiary alicyclic amines) is 1. The molecule has 0 saturated carbocycles. The molecule has 1 atom stereocenters. The minimum atomic E-state index is -4.04. The number of hydrogen-bond donors (Lipinski definition) is 3. The van der Waals surface area contributed by atoms with Crippen LogP contribution in [0.3, 0.4) is 0 Å². The summed E-state index contributed by atoms with van der Waals surface area (Å²) in [5.74, 6) is -0.0636. The van der Waals surface area contributed by atoms with E-state index < -0.39 is 20.6 Å². The monoisotopic (exact) mass is 399 g/mol. The minimum absolute atomic E-state index is 0.0414. The molecule has 1 amide bonds. The molecule has 0 aliphatic carbocycles. The van der Waals surface area contributed by atoms with Crippen LogP contribution in [-0.2, 0) is 14.8 Å². The maximum Gasteiger partial charge on any atom is 0.293 e. The Bertz CT molecular complexity index is 840. The fraction of sp³-hybridized carbons (Fsp3) is 0.562. The number of amides is 1. The van der Waals surface area contributed by atoms with Gasteiger partial charge in [0.05, 0.1) is 9.82 Å². The number of rotatable bonds is 6. The van der Waals surface area contributed by atoms with Gasteiger partial charge in [-0.15, -0.1) is 0 Å². The lowest BCUT2D eigenvalue weighted by Gasteiger charge is -2.42. The van der Waals surface area contributed by atoms with Crippen molar-refractivity contribution in [1.29, 1.82) is 0 Å². The van der Waals surface area contributed by atoms with Crippen LogP contribution in [0.1, 0.15) is 26.7 Å². The average molecular weight is 399 g/mol. The van der Waals surface area contributed by atoms with E-state index in [0.29, 0.717) is 13.1 Å². The van der Waals surface area contributed by atoms with Crippen molar-refractivity contribution < 1.29 is 18.1 Å². The number of nitrogens with one attached hydrogen (secondary N) is 1. The quantitative estimate of drug-likeness (QED) is 0.466. The molecule has 27 heavy (non-hydrogen) atoms. The SMILES string of the molecule is CC1(C)CN(C(=O)CCNc2ccc(S(N)(=O)=O)cc2[N+](=O)[O-])CCC1N. The number of nitro groups is 1. The highest BCUT2D eigenvalue weighted by atomic mass is 32.2. The third kappa shape index (κ3) is 5.15. The van der Waals surface area contributed by atoms with Crippen molar-refractivity contribution in [2.45, 2.75) is 37.6 Å². The number of anilines is 1. The standard InChI is InChI=1S/C16H25N5O5S/c1-16(2)10-20(8-6-14(16)17)15(22)5-7-19-12-4-3-11(27(18,25)26)9-13(12)21(23)24/h3-4,9,14,19H,5-8,10,17H2,1-2H3,(H2,18,25,26). The van der Waals surface area contributed by atoms with Crippen LogP contribution in [0.2, 0.25) is 0 Å². The number of nitrogens with zero attached hydrogens (tertiary/aromatic N) is 2. The van der Waals surface area contributed by atoms with Gasteiger partial charge in [-0.25, -0.2) is 13.6 Å². The van der Waals surface area contributed by atoms with Crippen molar-refractivity contribution in [2.24, 2.45) is 16.3 Å². The Balaban J connectivity index is 2.01. The molecule has 0 aromatic heterocycles. The number of benzene rings is 1. The summed E-state index contributed by atoms with van der Waals surface area (Å²) in [6, 6.07) is 3.39. The molecule has 1 saturated heterocycles. The van der Waals surface area contributed by atoms with Crippen LogP contribution in [0.15, 0.2) is 23.1 Å². The van der Waals surface area contributed by atoms with E-state index in [1.165, 1.54) is 12.1 Å². The molecule has 5 N–H and O–H groups in total. The third-order valence-electron chi connectivity index (χ3n) is 4.81. The third-order valence-corrected chi connectivity index (χ3v) is 5.72. The number of primary sulfonamides is 1. The second-order valence-electron chi connectivity index (χ2n) is 7.36. The van der Waals surface area contributed by atoms with Crippen molar-refractivity contribution in [3.63, 3.8) is 0 Å². The lowest BCUT2D eigenvalue weighted by Crippen LogP contribution is -2.54. The Morgan fingerprint density at radius 1 is 1.44 bits per heavy atom. The predicted octanol–water partition coefficient (Wildman–Crippen LogP) is 0.630. The van der Waals surface area contributed by atoms with Crippen molar-refractivity contribution in [3.8, 4) is 0 Å². The zero-order valence-corrected chi connectivity index (χ0v) is 16.2. The lowest BCUT2D eigenvalue weighted by atomic mass is 9.79. The molecule has 1 unspecified atom stereocenters. The van der Waals surface area contributed by atoms with Gasteiger partial charge in [0.25, 0.3) is 5.69 Å². The van der Waals surface area contributed by atoms with Crippen molar-refractivity contribution in [2.75, 3.05) is 25.0 Å². The molecule has 1 aromatic carbocycles. The number of carbonyl (C=O) groups excluding carboxylic acids is 1. The summed E-state index contributed by atoms with van der Waals surface area (Å²) in [5.41, 5.74) is 5.62. The molecule has 1 aliphatic heterocycles. The van der Waals surface area contributed by atoms with E-state index in [9.17, 15) is 23.3 Å². The van der Waals surface area contributed by atoms with Crippen molar-refractivity contribution >= 4 is 27.3 Å². The number of piperidine rings is 1. The fourth-order valence-electron chi connectivity index (χ4n) is 3.04. The molecule has 150 valence electrons. The number of nitro benzene ring substituents is 1. The van der Waals surface area contributed by atoms with Crippen LogP contribution < -0.4 is 16.2 Å². The van der Waals surface area contributed by atoms with Gasteiger partial charge in [0.2, 0.25) is 15.9 Å². The smallest absolute Gasteiger partial charge is 0.293 e. The number of carbonyl (C=O) groups is 1. The fourth-order valence-corrected chi connectivity index (χ4v) is 3.57. The zero-order chi connectivity index (χ0) is 20.4. The topological polar surface area (TPSA) is 162 Å². The summed E-state index contributed by atoms with van der Waals surface area (Å²) < 4.78 is 22.7. The van der Waals surface area contributed by atoms with E-state index in [1.807, 2.05) is 13.8 Å². The van der Waals surface area contributed by atoms with Crippen LogP contribution in [0, 0.1) is 15.5 Å². The Morgan fingerprint density at radius 3 is 2.67 bits per heavy atom. The molecular formula is C16H25N5O5S. The minimum Gasteiger partial charge on any atom is -0.379 e. The van der Waals surface area contributed by atoms with E-state index in [4.69, 9.17) is 10.9 Å². The van der Waals surface area contributed by atoms with Crippen molar-refractivity contribution in [1.82, 2.24) is 4.90 Å². The second-order valence-corrected chi connectivity index (χ2v) is 8.92. The first-order valence-corrected chi connectivity index (χ1v) is 10.0. The van der Waals surface area contributed by atoms with Crippen LogP contribution in [0.5, 0.6) is 0 Å². The molecule has 10 nitrogen and oxygen atoms in total. The average Bonchev–Trinajstić information content (AvgIpc) is 2.56. The molecule has 2 rings (SSSR count). The first kappa shape index (κ1) is 21.1. The summed E-state index contributed by atoms with van der Waals surface area (Å²) in [5, 5.41) is 19.0. The molecule has 0 bridgehead atoms. The van der Waals surface area contributed by atoms with Gasteiger partial charge >= 0.3 is 0 Å². The zero-order valence-electron chi connectivity index (χ0n) is 15.3. The van der Waals surface area contributed by atoms with Crippen LogP contribution >= 0.6 is 0 Å². The highest BCUT2D eigenvalue weighted by Crippen LogP contribution is 2.29. The molecule has 11 heteroatoms. The molecular weight excluding hydrogens is 374 g/mol. The Hall–Kier alpha value is -2.24. The molecule has 1 fully saturated rings. The first-order valence-electron chi connectivity index (χ1n) is 8.50. The van der Waals surface area contributed by atoms with Gasteiger partial charge in [0, 0.05) is 38.2 Å². The van der Waals surface area contributed by atoms with Crippen molar-refractivity contribution in [3.05, 3.63) is 28.3 Å². The second kappa shape index (κ2) is 7.79. The van der Waals surface area contributed by atoms with Gasteiger partial charge in [0.1, 0.15) is 5.69 Å². The summed E-state index contributed by atoms with van der Waals surface area (Å²) in [6.07, 6.45) is 0.881. The molecule has 1 aromatic rings. The number of hydrogen-bond acceptors (Lipinski definition) is 7.